The van der Waals surface area contributed by atoms with Crippen LogP contribution in [0.1, 0.15) is 48.4 Å². The van der Waals surface area contributed by atoms with Crippen molar-refractivity contribution in [1.29, 1.82) is 0 Å². The molecule has 0 saturated carbocycles. The molecule has 118 valence electrons. The number of carboxylic acids is 1. The fourth-order valence-corrected chi connectivity index (χ4v) is 2.25. The number of nitrogens with zero attached hydrogens (tertiary/aromatic N) is 2. The van der Waals surface area contributed by atoms with Crippen LogP contribution in [0.25, 0.3) is 11.1 Å². The maximum atomic E-state index is 12.6. The van der Waals surface area contributed by atoms with Gasteiger partial charge in [0.15, 0.2) is 0 Å². The SMILES string of the molecule is Cc1cc(C(=O)NC(C)(C)CCC(=O)O)c2c(C)noc2n1. The number of carbonyl (C=O) groups is 2. The monoisotopic (exact) mass is 305 g/mol. The number of aromatic nitrogens is 2. The number of nitrogens with one attached hydrogen (secondary N) is 1. The third-order valence-corrected chi connectivity index (χ3v) is 3.41. The number of carbonyl (C=O) groups excluding carboxylic acids is 1. The first-order valence-electron chi connectivity index (χ1n) is 6.97. The van der Waals surface area contributed by atoms with Crippen LogP contribution in [-0.4, -0.2) is 32.7 Å². The third kappa shape index (κ3) is 3.41. The Hall–Kier alpha value is -2.44. The molecular formula is C15H19N3O4. The van der Waals surface area contributed by atoms with Crippen molar-refractivity contribution >= 4 is 23.0 Å². The van der Waals surface area contributed by atoms with Gasteiger partial charge in [0.1, 0.15) is 0 Å². The molecule has 2 rings (SSSR count). The van der Waals surface area contributed by atoms with Gasteiger partial charge in [-0.15, -0.1) is 0 Å². The largest absolute Gasteiger partial charge is 0.481 e. The zero-order chi connectivity index (χ0) is 16.5. The predicted molar refractivity (Wildman–Crippen MR) is 79.7 cm³/mol. The molecular weight excluding hydrogens is 286 g/mol. The molecule has 2 heterocycles. The molecule has 0 aliphatic rings. The van der Waals surface area contributed by atoms with E-state index in [2.05, 4.69) is 15.5 Å². The second kappa shape index (κ2) is 5.75. The highest BCUT2D eigenvalue weighted by Crippen LogP contribution is 2.23. The Labute approximate surface area is 127 Å². The van der Waals surface area contributed by atoms with Crippen LogP contribution in [-0.2, 0) is 4.79 Å². The Balaban J connectivity index is 2.30. The molecule has 7 heteroatoms. The first-order valence-corrected chi connectivity index (χ1v) is 6.97. The van der Waals surface area contributed by atoms with E-state index in [4.69, 9.17) is 9.63 Å². The van der Waals surface area contributed by atoms with Crippen LogP contribution in [0.3, 0.4) is 0 Å². The predicted octanol–water partition coefficient (Wildman–Crippen LogP) is 2.21. The fraction of sp³-hybridized carbons (Fsp3) is 0.467. The van der Waals surface area contributed by atoms with Gasteiger partial charge >= 0.3 is 5.97 Å². The lowest BCUT2D eigenvalue weighted by atomic mass is 9.97. The van der Waals surface area contributed by atoms with Gasteiger partial charge < -0.3 is 14.9 Å². The van der Waals surface area contributed by atoms with Gasteiger partial charge in [0.05, 0.1) is 16.6 Å². The van der Waals surface area contributed by atoms with Crippen LogP contribution in [0, 0.1) is 13.8 Å². The van der Waals surface area contributed by atoms with E-state index in [1.807, 2.05) is 0 Å². The van der Waals surface area contributed by atoms with E-state index in [9.17, 15) is 9.59 Å². The minimum absolute atomic E-state index is 0.00957. The molecule has 0 aromatic carbocycles. The first kappa shape index (κ1) is 15.9. The van der Waals surface area contributed by atoms with Crippen molar-refractivity contribution in [2.24, 2.45) is 0 Å². The summed E-state index contributed by atoms with van der Waals surface area (Å²) in [6.07, 6.45) is 0.328. The Morgan fingerprint density at radius 2 is 2.05 bits per heavy atom. The number of rotatable bonds is 5. The number of amides is 1. The molecule has 0 saturated heterocycles. The third-order valence-electron chi connectivity index (χ3n) is 3.41. The number of aliphatic carboxylic acids is 1. The van der Waals surface area contributed by atoms with E-state index >= 15 is 0 Å². The van der Waals surface area contributed by atoms with E-state index in [1.54, 1.807) is 33.8 Å². The van der Waals surface area contributed by atoms with Crippen molar-refractivity contribution in [3.63, 3.8) is 0 Å². The van der Waals surface area contributed by atoms with Crippen LogP contribution in [0.4, 0.5) is 0 Å². The lowest BCUT2D eigenvalue weighted by Crippen LogP contribution is -2.43. The summed E-state index contributed by atoms with van der Waals surface area (Å²) in [5.41, 5.74) is 1.37. The molecule has 0 radical (unpaired) electrons. The smallest absolute Gasteiger partial charge is 0.303 e. The molecule has 0 bridgehead atoms. The van der Waals surface area contributed by atoms with Crippen molar-refractivity contribution < 1.29 is 19.2 Å². The molecule has 2 aromatic heterocycles. The van der Waals surface area contributed by atoms with E-state index in [1.165, 1.54) is 0 Å². The van der Waals surface area contributed by atoms with E-state index < -0.39 is 11.5 Å². The number of aryl methyl sites for hydroxylation is 2. The summed E-state index contributed by atoms with van der Waals surface area (Å²) in [4.78, 5) is 27.5. The van der Waals surface area contributed by atoms with Gasteiger partial charge in [0.2, 0.25) is 0 Å². The average Bonchev–Trinajstić information content (AvgIpc) is 2.76. The average molecular weight is 305 g/mol. The molecule has 0 atom stereocenters. The maximum absolute atomic E-state index is 12.6. The van der Waals surface area contributed by atoms with Crippen molar-refractivity contribution in [3.8, 4) is 0 Å². The summed E-state index contributed by atoms with van der Waals surface area (Å²) in [5, 5.41) is 16.1. The first-order chi connectivity index (χ1) is 10.2. The molecule has 7 nitrogen and oxygen atoms in total. The summed E-state index contributed by atoms with van der Waals surface area (Å²) < 4.78 is 5.11. The summed E-state index contributed by atoms with van der Waals surface area (Å²) in [6, 6.07) is 1.68. The van der Waals surface area contributed by atoms with Crippen LogP contribution in [0.5, 0.6) is 0 Å². The molecule has 0 aliphatic heterocycles. The Morgan fingerprint density at radius 3 is 2.68 bits per heavy atom. The molecule has 0 fully saturated rings. The minimum Gasteiger partial charge on any atom is -0.481 e. The Kier molecular flexibility index (Phi) is 4.16. The summed E-state index contributed by atoms with van der Waals surface area (Å²) >= 11 is 0. The van der Waals surface area contributed by atoms with E-state index in [-0.39, 0.29) is 12.3 Å². The zero-order valence-electron chi connectivity index (χ0n) is 13.1. The number of hydrogen-bond donors (Lipinski definition) is 2. The molecule has 1 amide bonds. The van der Waals surface area contributed by atoms with Crippen LogP contribution in [0.2, 0.25) is 0 Å². The lowest BCUT2D eigenvalue weighted by molar-refractivity contribution is -0.137. The normalized spacial score (nSPS) is 11.6. The van der Waals surface area contributed by atoms with E-state index in [0.717, 1.165) is 0 Å². The summed E-state index contributed by atoms with van der Waals surface area (Å²) in [6.45, 7) is 7.10. The standard InChI is InChI=1S/C15H19N3O4/c1-8-7-10(12-9(2)18-22-14(12)16-8)13(21)17-15(3,4)6-5-11(19)20/h7H,5-6H2,1-4H3,(H,17,21)(H,19,20). The second-order valence-electron chi connectivity index (χ2n) is 5.99. The molecule has 0 spiro atoms. The van der Waals surface area contributed by atoms with E-state index in [0.29, 0.717) is 34.5 Å². The summed E-state index contributed by atoms with van der Waals surface area (Å²) in [7, 11) is 0. The van der Waals surface area contributed by atoms with Gasteiger partial charge in [0, 0.05) is 17.7 Å². The van der Waals surface area contributed by atoms with Gasteiger partial charge in [-0.2, -0.15) is 0 Å². The van der Waals surface area contributed by atoms with Gasteiger partial charge in [-0.05, 0) is 40.2 Å². The van der Waals surface area contributed by atoms with Crippen LogP contribution in [0.15, 0.2) is 10.6 Å². The highest BCUT2D eigenvalue weighted by Gasteiger charge is 2.25. The fourth-order valence-electron chi connectivity index (χ4n) is 2.25. The van der Waals surface area contributed by atoms with Crippen LogP contribution < -0.4 is 5.32 Å². The van der Waals surface area contributed by atoms with Crippen molar-refractivity contribution in [2.45, 2.75) is 46.1 Å². The Bertz CT molecular complexity index is 734. The number of carboxylic acid groups (broad SMARTS) is 1. The van der Waals surface area contributed by atoms with Gasteiger partial charge in [0.25, 0.3) is 11.6 Å². The number of pyridine rings is 1. The highest BCUT2D eigenvalue weighted by molar-refractivity contribution is 6.06. The topological polar surface area (TPSA) is 105 Å². The number of hydrogen-bond acceptors (Lipinski definition) is 5. The second-order valence-corrected chi connectivity index (χ2v) is 5.99. The lowest BCUT2D eigenvalue weighted by Gasteiger charge is -2.25. The van der Waals surface area contributed by atoms with Crippen molar-refractivity contribution in [3.05, 3.63) is 23.0 Å². The molecule has 22 heavy (non-hydrogen) atoms. The highest BCUT2D eigenvalue weighted by atomic mass is 16.5. The molecule has 2 N–H and O–H groups in total. The van der Waals surface area contributed by atoms with Gasteiger partial charge in [-0.1, -0.05) is 5.16 Å². The minimum atomic E-state index is -0.889. The summed E-state index contributed by atoms with van der Waals surface area (Å²) in [5.74, 6) is -1.18. The van der Waals surface area contributed by atoms with Gasteiger partial charge in [-0.25, -0.2) is 4.98 Å². The Morgan fingerprint density at radius 1 is 1.36 bits per heavy atom. The molecule has 2 aromatic rings. The maximum Gasteiger partial charge on any atom is 0.303 e. The molecule has 0 unspecified atom stereocenters. The van der Waals surface area contributed by atoms with Gasteiger partial charge in [-0.3, -0.25) is 9.59 Å². The quantitative estimate of drug-likeness (QED) is 0.877. The van der Waals surface area contributed by atoms with Crippen molar-refractivity contribution in [1.82, 2.24) is 15.5 Å². The van der Waals surface area contributed by atoms with Crippen LogP contribution >= 0.6 is 0 Å². The molecule has 0 aliphatic carbocycles. The number of fused-ring (bicyclic) bond motifs is 1. The zero-order valence-corrected chi connectivity index (χ0v) is 13.1. The van der Waals surface area contributed by atoms with Crippen molar-refractivity contribution in [2.75, 3.05) is 0 Å².